The topological polar surface area (TPSA) is 69.1 Å². The van der Waals surface area contributed by atoms with E-state index in [9.17, 15) is 14.3 Å². The number of piperidine rings is 2. The second-order valence-electron chi connectivity index (χ2n) is 18.5. The first-order chi connectivity index (χ1) is 25.1. The zero-order valence-corrected chi connectivity index (χ0v) is 33.3. The second-order valence-corrected chi connectivity index (χ2v) is 18.5. The number of hydrogen-bond donors (Lipinski definition) is 1. The quantitative estimate of drug-likeness (QED) is 0.236. The van der Waals surface area contributed by atoms with E-state index >= 15 is 0 Å². The first kappa shape index (κ1) is 38.0. The third-order valence-electron chi connectivity index (χ3n) is 12.9. The van der Waals surface area contributed by atoms with E-state index in [0.717, 1.165) is 111 Å². The van der Waals surface area contributed by atoms with Gasteiger partial charge >= 0.3 is 5.97 Å². The number of fused-ring (bicyclic) bond motifs is 1. The molecule has 4 aliphatic rings. The predicted octanol–water partition coefficient (Wildman–Crippen LogP) is 9.40. The Morgan fingerprint density at radius 3 is 2.25 bits per heavy atom. The summed E-state index contributed by atoms with van der Waals surface area (Å²) in [6.07, 6.45) is 8.44. The standard InChI is InChI=1S/C45H61FN4O3/c1-30-25-36(46)12-11-34(30)27-49-20-13-32-26-33(9-10-35(32)28-49)39-37(29-48-21-18-45(19-22-48)14-8-15-45)47-31(2)38(41(42(51)52)53-43(3,4)5)40(39)50-23-16-44(6,7)17-24-50/h9-12,25-26,41H,8,13-24,27-29H2,1-7H3,(H,51,52). The number of aliphatic carboxylic acids is 1. The Labute approximate surface area is 316 Å². The highest BCUT2D eigenvalue weighted by Crippen LogP contribution is 2.50. The smallest absolute Gasteiger partial charge is 0.337 e. The summed E-state index contributed by atoms with van der Waals surface area (Å²) in [5.74, 6) is -1.17. The number of benzene rings is 2. The molecule has 0 amide bonds. The van der Waals surface area contributed by atoms with Crippen LogP contribution in [0.25, 0.3) is 11.1 Å². The molecule has 1 atom stereocenters. The molecule has 1 aliphatic carbocycles. The van der Waals surface area contributed by atoms with Crippen LogP contribution in [0.3, 0.4) is 0 Å². The zero-order valence-electron chi connectivity index (χ0n) is 33.3. The minimum absolute atomic E-state index is 0.189. The number of aromatic nitrogens is 1. The second kappa shape index (κ2) is 14.7. The van der Waals surface area contributed by atoms with Crippen molar-refractivity contribution < 1.29 is 19.0 Å². The largest absolute Gasteiger partial charge is 0.479 e. The monoisotopic (exact) mass is 724 g/mol. The van der Waals surface area contributed by atoms with Gasteiger partial charge in [-0.3, -0.25) is 14.8 Å². The maximum Gasteiger partial charge on any atom is 0.337 e. The molecule has 2 aromatic carbocycles. The van der Waals surface area contributed by atoms with Crippen LogP contribution in [0.4, 0.5) is 10.1 Å². The predicted molar refractivity (Wildman–Crippen MR) is 211 cm³/mol. The van der Waals surface area contributed by atoms with E-state index in [1.54, 1.807) is 12.1 Å². The Hall–Kier alpha value is -3.33. The van der Waals surface area contributed by atoms with Gasteiger partial charge in [0.25, 0.3) is 0 Å². The normalized spacial score (nSPS) is 20.9. The Bertz CT molecular complexity index is 1820. The van der Waals surface area contributed by atoms with Gasteiger partial charge in [0.05, 0.1) is 17.0 Å². The van der Waals surface area contributed by atoms with Gasteiger partial charge in [-0.1, -0.05) is 44.5 Å². The summed E-state index contributed by atoms with van der Waals surface area (Å²) in [5, 5.41) is 10.8. The van der Waals surface area contributed by atoms with Gasteiger partial charge < -0.3 is 14.7 Å². The number of rotatable bonds is 9. The molecular weight excluding hydrogens is 664 g/mol. The van der Waals surface area contributed by atoms with Gasteiger partial charge in [0.2, 0.25) is 0 Å². The summed E-state index contributed by atoms with van der Waals surface area (Å²) in [6, 6.07) is 12.0. The molecule has 3 fully saturated rings. The van der Waals surface area contributed by atoms with Crippen LogP contribution < -0.4 is 4.90 Å². The van der Waals surface area contributed by atoms with Gasteiger partial charge in [-0.15, -0.1) is 0 Å². The molecular formula is C45H61FN4O3. The number of hydrogen-bond acceptors (Lipinski definition) is 6. The molecule has 0 radical (unpaired) electrons. The van der Waals surface area contributed by atoms with Gasteiger partial charge in [-0.25, -0.2) is 9.18 Å². The minimum Gasteiger partial charge on any atom is -0.479 e. The third kappa shape index (κ3) is 8.35. The molecule has 3 aliphatic heterocycles. The Balaban J connectivity index is 1.32. The molecule has 2 saturated heterocycles. The molecule has 286 valence electrons. The lowest BCUT2D eigenvalue weighted by molar-refractivity contribution is -0.160. The zero-order chi connectivity index (χ0) is 37.7. The highest BCUT2D eigenvalue weighted by atomic mass is 19.1. The first-order valence-corrected chi connectivity index (χ1v) is 20.1. The number of pyridine rings is 1. The molecule has 0 bridgehead atoms. The van der Waals surface area contributed by atoms with Crippen molar-refractivity contribution in [2.45, 2.75) is 131 Å². The molecule has 4 heterocycles. The van der Waals surface area contributed by atoms with E-state index < -0.39 is 17.7 Å². The molecule has 1 spiro atoms. The van der Waals surface area contributed by atoms with Crippen LogP contribution in [0.2, 0.25) is 0 Å². The summed E-state index contributed by atoms with van der Waals surface area (Å²) >= 11 is 0. The van der Waals surface area contributed by atoms with E-state index in [4.69, 9.17) is 9.72 Å². The summed E-state index contributed by atoms with van der Waals surface area (Å²) < 4.78 is 20.3. The number of anilines is 1. The fourth-order valence-corrected chi connectivity index (χ4v) is 9.30. The SMILES string of the molecule is Cc1cc(F)ccc1CN1CCc2cc(-c3c(CN4CCC5(CCC5)CC4)nc(C)c(C(OC(C)(C)C)C(=O)O)c3N3CCC(C)(C)CC3)ccc2C1. The van der Waals surface area contributed by atoms with Crippen LogP contribution in [-0.4, -0.2) is 64.2 Å². The fraction of sp³-hybridized carbons (Fsp3) is 0.600. The average Bonchev–Trinajstić information content (AvgIpc) is 3.07. The van der Waals surface area contributed by atoms with Gasteiger partial charge in [0.1, 0.15) is 5.82 Å². The van der Waals surface area contributed by atoms with Crippen LogP contribution in [-0.2, 0) is 35.6 Å². The van der Waals surface area contributed by atoms with Crippen molar-refractivity contribution >= 4 is 11.7 Å². The molecule has 7 rings (SSSR count). The van der Waals surface area contributed by atoms with Gasteiger partial charge in [-0.05, 0) is 143 Å². The van der Waals surface area contributed by atoms with E-state index in [1.165, 1.54) is 43.2 Å². The van der Waals surface area contributed by atoms with Crippen molar-refractivity contribution in [3.05, 3.63) is 81.4 Å². The summed E-state index contributed by atoms with van der Waals surface area (Å²) in [5.41, 5.74) is 10.6. The molecule has 1 N–H and O–H groups in total. The van der Waals surface area contributed by atoms with E-state index in [2.05, 4.69) is 46.7 Å². The number of ether oxygens (including phenoxy) is 1. The van der Waals surface area contributed by atoms with Crippen LogP contribution in [0.15, 0.2) is 36.4 Å². The number of nitrogens with zero attached hydrogens (tertiary/aromatic N) is 4. The van der Waals surface area contributed by atoms with E-state index in [1.807, 2.05) is 40.7 Å². The highest BCUT2D eigenvalue weighted by Gasteiger charge is 2.41. The van der Waals surface area contributed by atoms with Crippen molar-refractivity contribution in [2.75, 3.05) is 37.6 Å². The maximum absolute atomic E-state index is 13.8. The van der Waals surface area contributed by atoms with Crippen molar-refractivity contribution in [3.8, 4) is 11.1 Å². The molecule has 1 saturated carbocycles. The minimum atomic E-state index is -1.14. The maximum atomic E-state index is 13.8. The first-order valence-electron chi connectivity index (χ1n) is 20.1. The van der Waals surface area contributed by atoms with Crippen LogP contribution in [0, 0.1) is 30.5 Å². The number of halogens is 1. The molecule has 8 heteroatoms. The Morgan fingerprint density at radius 2 is 1.62 bits per heavy atom. The lowest BCUT2D eigenvalue weighted by Crippen LogP contribution is -2.43. The lowest BCUT2D eigenvalue weighted by Gasteiger charge is -2.48. The summed E-state index contributed by atoms with van der Waals surface area (Å²) in [4.78, 5) is 26.1. The Kier molecular flexibility index (Phi) is 10.5. The Morgan fingerprint density at radius 1 is 0.906 bits per heavy atom. The molecule has 1 aromatic heterocycles. The molecule has 7 nitrogen and oxygen atoms in total. The third-order valence-corrected chi connectivity index (χ3v) is 12.9. The van der Waals surface area contributed by atoms with Crippen LogP contribution >= 0.6 is 0 Å². The fourth-order valence-electron chi connectivity index (χ4n) is 9.30. The van der Waals surface area contributed by atoms with Crippen LogP contribution in [0.5, 0.6) is 0 Å². The number of aryl methyl sites for hydroxylation is 2. The highest BCUT2D eigenvalue weighted by molar-refractivity contribution is 5.88. The number of carboxylic acid groups (broad SMARTS) is 1. The van der Waals surface area contributed by atoms with E-state index in [0.29, 0.717) is 11.0 Å². The average molecular weight is 725 g/mol. The van der Waals surface area contributed by atoms with Gasteiger partial charge in [-0.2, -0.15) is 0 Å². The van der Waals surface area contributed by atoms with Gasteiger partial charge in [0.15, 0.2) is 6.10 Å². The van der Waals surface area contributed by atoms with Crippen molar-refractivity contribution in [1.29, 1.82) is 0 Å². The lowest BCUT2D eigenvalue weighted by atomic mass is 9.63. The summed E-state index contributed by atoms with van der Waals surface area (Å²) in [7, 11) is 0. The van der Waals surface area contributed by atoms with Crippen molar-refractivity contribution in [2.24, 2.45) is 10.8 Å². The number of carbonyl (C=O) groups is 1. The summed E-state index contributed by atoms with van der Waals surface area (Å²) in [6.45, 7) is 21.6. The molecule has 3 aromatic rings. The van der Waals surface area contributed by atoms with Crippen LogP contribution in [0.1, 0.15) is 125 Å². The number of carboxylic acids is 1. The van der Waals surface area contributed by atoms with E-state index in [-0.39, 0.29) is 11.2 Å². The van der Waals surface area contributed by atoms with Crippen molar-refractivity contribution in [1.82, 2.24) is 14.8 Å². The van der Waals surface area contributed by atoms with Crippen molar-refractivity contribution in [3.63, 3.8) is 0 Å². The molecule has 1 unspecified atom stereocenters. The number of likely N-dealkylation sites (tertiary alicyclic amines) is 1. The van der Waals surface area contributed by atoms with Gasteiger partial charge in [0, 0.05) is 56.1 Å². The molecule has 53 heavy (non-hydrogen) atoms.